The number of nitrogens with one attached hydrogen (secondary N) is 1. The zero-order valence-corrected chi connectivity index (χ0v) is 10.8. The van der Waals surface area contributed by atoms with Crippen LogP contribution in [0, 0.1) is 23.4 Å². The number of carbonyl (C=O) groups excluding carboxylic acids is 1. The molecule has 0 aromatic heterocycles. The standard InChI is InChI=1S/C14H16F3NO2/c15-10-5-9(6-11(16)13(10)17)14(20)18-7-12(19)8-3-1-2-4-8/h5-6,8,12,19H,1-4,7H2,(H,18,20)/t12-/m0/s1. The first-order chi connectivity index (χ1) is 9.49. The quantitative estimate of drug-likeness (QED) is 0.835. The Morgan fingerprint density at radius 2 is 1.80 bits per heavy atom. The summed E-state index contributed by atoms with van der Waals surface area (Å²) in [6, 6.07) is 1.27. The molecule has 1 aliphatic rings. The van der Waals surface area contributed by atoms with Crippen molar-refractivity contribution in [3.63, 3.8) is 0 Å². The third-order valence-corrected chi connectivity index (χ3v) is 3.66. The van der Waals surface area contributed by atoms with Crippen LogP contribution in [-0.2, 0) is 0 Å². The molecule has 0 radical (unpaired) electrons. The van der Waals surface area contributed by atoms with Crippen LogP contribution in [0.5, 0.6) is 0 Å². The van der Waals surface area contributed by atoms with Crippen molar-refractivity contribution < 1.29 is 23.1 Å². The van der Waals surface area contributed by atoms with Gasteiger partial charge >= 0.3 is 0 Å². The first-order valence-electron chi connectivity index (χ1n) is 6.60. The summed E-state index contributed by atoms with van der Waals surface area (Å²) < 4.78 is 38.8. The van der Waals surface area contributed by atoms with Gasteiger partial charge in [0.1, 0.15) is 0 Å². The Balaban J connectivity index is 1.94. The fourth-order valence-corrected chi connectivity index (χ4v) is 2.49. The van der Waals surface area contributed by atoms with Gasteiger partial charge in [0, 0.05) is 12.1 Å². The van der Waals surface area contributed by atoms with Gasteiger partial charge in [0.25, 0.3) is 5.91 Å². The van der Waals surface area contributed by atoms with Crippen LogP contribution < -0.4 is 5.32 Å². The molecule has 0 spiro atoms. The molecule has 3 nitrogen and oxygen atoms in total. The average molecular weight is 287 g/mol. The van der Waals surface area contributed by atoms with Crippen molar-refractivity contribution in [2.75, 3.05) is 6.54 Å². The summed E-state index contributed by atoms with van der Waals surface area (Å²) >= 11 is 0. The molecule has 0 aliphatic heterocycles. The van der Waals surface area contributed by atoms with E-state index in [1.54, 1.807) is 0 Å². The molecular weight excluding hydrogens is 271 g/mol. The number of hydrogen-bond acceptors (Lipinski definition) is 2. The van der Waals surface area contributed by atoms with E-state index >= 15 is 0 Å². The minimum atomic E-state index is -1.60. The van der Waals surface area contributed by atoms with Gasteiger partial charge in [-0.25, -0.2) is 13.2 Å². The maximum absolute atomic E-state index is 13.0. The Morgan fingerprint density at radius 3 is 2.35 bits per heavy atom. The monoisotopic (exact) mass is 287 g/mol. The van der Waals surface area contributed by atoms with E-state index in [4.69, 9.17) is 0 Å². The van der Waals surface area contributed by atoms with Gasteiger partial charge in [0.2, 0.25) is 0 Å². The fourth-order valence-electron chi connectivity index (χ4n) is 2.49. The average Bonchev–Trinajstić information content (AvgIpc) is 2.95. The number of rotatable bonds is 4. The molecule has 1 aliphatic carbocycles. The first-order valence-corrected chi connectivity index (χ1v) is 6.60. The molecule has 1 saturated carbocycles. The van der Waals surface area contributed by atoms with Gasteiger partial charge in [-0.1, -0.05) is 12.8 Å². The summed E-state index contributed by atoms with van der Waals surface area (Å²) in [5, 5.41) is 12.3. The maximum Gasteiger partial charge on any atom is 0.251 e. The summed E-state index contributed by atoms with van der Waals surface area (Å²) in [4.78, 5) is 11.7. The molecule has 1 atom stereocenters. The molecule has 2 rings (SSSR count). The highest BCUT2D eigenvalue weighted by Gasteiger charge is 2.24. The molecule has 110 valence electrons. The van der Waals surface area contributed by atoms with Gasteiger partial charge < -0.3 is 10.4 Å². The molecule has 6 heteroatoms. The van der Waals surface area contributed by atoms with Crippen molar-refractivity contribution in [3.05, 3.63) is 35.1 Å². The van der Waals surface area contributed by atoms with Crippen molar-refractivity contribution in [2.45, 2.75) is 31.8 Å². The van der Waals surface area contributed by atoms with Crippen LogP contribution in [0.3, 0.4) is 0 Å². The molecular formula is C14H16F3NO2. The van der Waals surface area contributed by atoms with Crippen LogP contribution >= 0.6 is 0 Å². The van der Waals surface area contributed by atoms with Crippen LogP contribution in [0.4, 0.5) is 13.2 Å². The highest BCUT2D eigenvalue weighted by Crippen LogP contribution is 2.27. The third-order valence-electron chi connectivity index (χ3n) is 3.66. The number of hydrogen-bond donors (Lipinski definition) is 2. The minimum absolute atomic E-state index is 0.0180. The molecule has 1 fully saturated rings. The molecule has 1 aromatic rings. The van der Waals surface area contributed by atoms with E-state index in [0.717, 1.165) is 25.7 Å². The molecule has 0 heterocycles. The van der Waals surface area contributed by atoms with Gasteiger partial charge in [0.05, 0.1) is 6.10 Å². The Hall–Kier alpha value is -1.56. The van der Waals surface area contributed by atoms with Crippen molar-refractivity contribution >= 4 is 5.91 Å². The van der Waals surface area contributed by atoms with Gasteiger partial charge in [-0.2, -0.15) is 0 Å². The summed E-state index contributed by atoms with van der Waals surface area (Å²) in [6.45, 7) is 0.0180. The normalized spacial score (nSPS) is 17.2. The lowest BCUT2D eigenvalue weighted by molar-refractivity contribution is 0.0839. The first kappa shape index (κ1) is 14.8. The fraction of sp³-hybridized carbons (Fsp3) is 0.500. The van der Waals surface area contributed by atoms with E-state index in [-0.39, 0.29) is 18.0 Å². The SMILES string of the molecule is O=C(NC[C@H](O)C1CCCC1)c1cc(F)c(F)c(F)c1. The summed E-state index contributed by atoms with van der Waals surface area (Å²) in [7, 11) is 0. The van der Waals surface area contributed by atoms with Gasteiger partial charge in [-0.05, 0) is 30.9 Å². The van der Waals surface area contributed by atoms with E-state index in [1.165, 1.54) is 0 Å². The van der Waals surface area contributed by atoms with Crippen LogP contribution in [-0.4, -0.2) is 23.7 Å². The zero-order valence-electron chi connectivity index (χ0n) is 10.8. The Bertz CT molecular complexity index is 478. The zero-order chi connectivity index (χ0) is 14.7. The van der Waals surface area contributed by atoms with Gasteiger partial charge in [-0.15, -0.1) is 0 Å². The van der Waals surface area contributed by atoms with Crippen molar-refractivity contribution in [2.24, 2.45) is 5.92 Å². The van der Waals surface area contributed by atoms with Crippen molar-refractivity contribution in [1.29, 1.82) is 0 Å². The molecule has 0 saturated heterocycles. The van der Waals surface area contributed by atoms with E-state index in [1.807, 2.05) is 0 Å². The topological polar surface area (TPSA) is 49.3 Å². The summed E-state index contributed by atoms with van der Waals surface area (Å²) in [5.74, 6) is -5.01. The lowest BCUT2D eigenvalue weighted by atomic mass is 10.0. The maximum atomic E-state index is 13.0. The molecule has 20 heavy (non-hydrogen) atoms. The largest absolute Gasteiger partial charge is 0.391 e. The number of benzene rings is 1. The molecule has 1 aromatic carbocycles. The van der Waals surface area contributed by atoms with Gasteiger partial charge in [-0.3, -0.25) is 4.79 Å². The second-order valence-electron chi connectivity index (χ2n) is 5.08. The van der Waals surface area contributed by atoms with E-state index in [0.29, 0.717) is 12.1 Å². The van der Waals surface area contributed by atoms with Gasteiger partial charge in [0.15, 0.2) is 17.5 Å². The lowest BCUT2D eigenvalue weighted by Crippen LogP contribution is -2.35. The highest BCUT2D eigenvalue weighted by molar-refractivity contribution is 5.94. The summed E-state index contributed by atoms with van der Waals surface area (Å²) in [5.41, 5.74) is -0.306. The third kappa shape index (κ3) is 3.30. The van der Waals surface area contributed by atoms with E-state index in [2.05, 4.69) is 5.32 Å². The number of carbonyl (C=O) groups is 1. The molecule has 0 bridgehead atoms. The van der Waals surface area contributed by atoms with Crippen LogP contribution in [0.2, 0.25) is 0 Å². The smallest absolute Gasteiger partial charge is 0.251 e. The second-order valence-corrected chi connectivity index (χ2v) is 5.08. The number of amides is 1. The van der Waals surface area contributed by atoms with E-state index < -0.39 is 29.5 Å². The predicted molar refractivity (Wildman–Crippen MR) is 66.6 cm³/mol. The van der Waals surface area contributed by atoms with Crippen LogP contribution in [0.15, 0.2) is 12.1 Å². The molecule has 2 N–H and O–H groups in total. The Morgan fingerprint density at radius 1 is 1.25 bits per heavy atom. The number of halogens is 3. The predicted octanol–water partition coefficient (Wildman–Crippen LogP) is 2.38. The Labute approximate surface area is 114 Å². The minimum Gasteiger partial charge on any atom is -0.391 e. The Kier molecular flexibility index (Phi) is 4.65. The van der Waals surface area contributed by atoms with Crippen molar-refractivity contribution in [1.82, 2.24) is 5.32 Å². The second kappa shape index (κ2) is 6.26. The molecule has 0 unspecified atom stereocenters. The van der Waals surface area contributed by atoms with Crippen LogP contribution in [0.25, 0.3) is 0 Å². The van der Waals surface area contributed by atoms with Crippen LogP contribution in [0.1, 0.15) is 36.0 Å². The van der Waals surface area contributed by atoms with Crippen molar-refractivity contribution in [3.8, 4) is 0 Å². The number of aliphatic hydroxyl groups is 1. The number of aliphatic hydroxyl groups excluding tert-OH is 1. The van der Waals surface area contributed by atoms with E-state index in [9.17, 15) is 23.1 Å². The summed E-state index contributed by atoms with van der Waals surface area (Å²) in [6.07, 6.45) is 3.28. The lowest BCUT2D eigenvalue weighted by Gasteiger charge is -2.18. The molecule has 1 amide bonds. The highest BCUT2D eigenvalue weighted by atomic mass is 19.2.